The Morgan fingerprint density at radius 2 is 2.03 bits per heavy atom. The quantitative estimate of drug-likeness (QED) is 0.515. The van der Waals surface area contributed by atoms with Gasteiger partial charge in [0.1, 0.15) is 0 Å². The zero-order valence-electron chi connectivity index (χ0n) is 17.6. The summed E-state index contributed by atoms with van der Waals surface area (Å²) in [6, 6.07) is 5.35. The second kappa shape index (κ2) is 8.42. The Hall–Kier alpha value is -3.95. The molecule has 31 heavy (non-hydrogen) atoms. The number of aromatic nitrogens is 4. The normalized spacial score (nSPS) is 12.7. The van der Waals surface area contributed by atoms with Crippen molar-refractivity contribution >= 4 is 17.7 Å². The van der Waals surface area contributed by atoms with Crippen molar-refractivity contribution in [1.29, 1.82) is 0 Å². The number of imidazole rings is 1. The monoisotopic (exact) mass is 420 g/mol. The van der Waals surface area contributed by atoms with Crippen LogP contribution in [0.2, 0.25) is 0 Å². The molecule has 4 N–H and O–H groups in total. The molecule has 10 nitrogen and oxygen atoms in total. The summed E-state index contributed by atoms with van der Waals surface area (Å²) in [6.45, 7) is 6.62. The predicted molar refractivity (Wildman–Crippen MR) is 119 cm³/mol. The fraction of sp³-hybridized carbons (Fsp3) is 0.286. The largest absolute Gasteiger partial charge is 0.338 e. The van der Waals surface area contributed by atoms with Crippen molar-refractivity contribution in [3.05, 3.63) is 52.8 Å². The molecule has 1 aromatic carbocycles. The number of hydrogen-bond acceptors (Lipinski definition) is 6. The Morgan fingerprint density at radius 1 is 1.26 bits per heavy atom. The number of guanidine groups is 1. The summed E-state index contributed by atoms with van der Waals surface area (Å²) in [4.78, 5) is 40.3. The average Bonchev–Trinajstić information content (AvgIpc) is 3.16. The van der Waals surface area contributed by atoms with E-state index in [9.17, 15) is 9.59 Å². The molecule has 0 saturated carbocycles. The number of anilines is 1. The van der Waals surface area contributed by atoms with Gasteiger partial charge in [0, 0.05) is 42.3 Å². The summed E-state index contributed by atoms with van der Waals surface area (Å²) >= 11 is 0. The van der Waals surface area contributed by atoms with Crippen molar-refractivity contribution in [3.63, 3.8) is 0 Å². The molecule has 0 atom stereocenters. The van der Waals surface area contributed by atoms with E-state index in [1.807, 2.05) is 39.1 Å². The van der Waals surface area contributed by atoms with Crippen LogP contribution in [0.15, 0.2) is 46.6 Å². The number of urea groups is 1. The van der Waals surface area contributed by atoms with Crippen LogP contribution in [0, 0.1) is 0 Å². The molecule has 0 aliphatic carbocycles. The lowest BCUT2D eigenvalue weighted by molar-refractivity contribution is 0.246. The molecule has 10 heteroatoms. The van der Waals surface area contributed by atoms with Crippen LogP contribution in [-0.4, -0.2) is 38.1 Å². The molecule has 1 aliphatic rings. The van der Waals surface area contributed by atoms with E-state index >= 15 is 0 Å². The molecule has 2 aromatic heterocycles. The van der Waals surface area contributed by atoms with Crippen LogP contribution < -0.4 is 21.6 Å². The van der Waals surface area contributed by atoms with E-state index < -0.39 is 0 Å². The number of fused-ring (bicyclic) bond motifs is 1. The summed E-state index contributed by atoms with van der Waals surface area (Å²) in [7, 11) is 0. The van der Waals surface area contributed by atoms with Gasteiger partial charge in [-0.25, -0.2) is 24.5 Å². The Labute approximate surface area is 178 Å². The maximum atomic E-state index is 12.3. The molecular weight excluding hydrogens is 396 g/mol. The summed E-state index contributed by atoms with van der Waals surface area (Å²) in [5, 5.41) is 8.57. The summed E-state index contributed by atoms with van der Waals surface area (Å²) < 4.78 is 1.65. The fourth-order valence-electron chi connectivity index (χ4n) is 3.39. The van der Waals surface area contributed by atoms with E-state index in [0.29, 0.717) is 30.6 Å². The zero-order chi connectivity index (χ0) is 22.0. The molecular formula is C21H24N8O2. The average molecular weight is 420 g/mol. The lowest BCUT2D eigenvalue weighted by atomic mass is 9.99. The van der Waals surface area contributed by atoms with Gasteiger partial charge in [0.15, 0.2) is 5.82 Å². The lowest BCUT2D eigenvalue weighted by Crippen LogP contribution is -2.43. The summed E-state index contributed by atoms with van der Waals surface area (Å²) in [6.07, 6.45) is 5.15. The number of H-pyrrole nitrogens is 1. The van der Waals surface area contributed by atoms with E-state index in [0.717, 1.165) is 22.4 Å². The van der Waals surface area contributed by atoms with Crippen molar-refractivity contribution in [2.45, 2.75) is 33.4 Å². The maximum Gasteiger partial charge on any atom is 0.326 e. The zero-order valence-corrected chi connectivity index (χ0v) is 17.6. The number of amides is 2. The number of nitrogens with one attached hydrogen (secondary N) is 4. The number of carbonyl (C=O) groups excluding carboxylic acids is 1. The number of benzene rings is 1. The third kappa shape index (κ3) is 4.18. The Balaban J connectivity index is 1.78. The molecule has 0 radical (unpaired) electrons. The first-order valence-electron chi connectivity index (χ1n) is 10.1. The minimum atomic E-state index is -0.334. The Kier molecular flexibility index (Phi) is 5.52. The van der Waals surface area contributed by atoms with Crippen LogP contribution in [-0.2, 0) is 6.54 Å². The van der Waals surface area contributed by atoms with Gasteiger partial charge in [-0.1, -0.05) is 0 Å². The Bertz CT molecular complexity index is 1190. The highest BCUT2D eigenvalue weighted by Crippen LogP contribution is 2.35. The van der Waals surface area contributed by atoms with Gasteiger partial charge in [0.05, 0.1) is 17.9 Å². The molecule has 4 rings (SSSR count). The molecule has 0 bridgehead atoms. The van der Waals surface area contributed by atoms with Crippen molar-refractivity contribution < 1.29 is 4.79 Å². The molecule has 160 valence electrons. The smallest absolute Gasteiger partial charge is 0.326 e. The third-order valence-corrected chi connectivity index (χ3v) is 4.86. The van der Waals surface area contributed by atoms with E-state index in [1.54, 1.807) is 23.0 Å². The highest BCUT2D eigenvalue weighted by atomic mass is 16.2. The molecule has 0 unspecified atom stereocenters. The fourth-order valence-corrected chi connectivity index (χ4v) is 3.39. The molecule has 0 fully saturated rings. The van der Waals surface area contributed by atoms with Crippen LogP contribution in [0.5, 0.6) is 0 Å². The summed E-state index contributed by atoms with van der Waals surface area (Å²) in [5.41, 5.74) is 3.78. The van der Waals surface area contributed by atoms with E-state index in [4.69, 9.17) is 0 Å². The van der Waals surface area contributed by atoms with Gasteiger partial charge in [-0.2, -0.15) is 0 Å². The number of rotatable bonds is 4. The third-order valence-electron chi connectivity index (χ3n) is 4.86. The van der Waals surface area contributed by atoms with Crippen molar-refractivity contribution in [2.24, 2.45) is 4.99 Å². The van der Waals surface area contributed by atoms with Gasteiger partial charge in [0.2, 0.25) is 5.96 Å². The number of hydrogen-bond donors (Lipinski definition) is 4. The van der Waals surface area contributed by atoms with Crippen LogP contribution in [0.4, 0.5) is 10.5 Å². The SMILES string of the molecule is CCNC(=O)NC1=NCc2cc(-c3cn(C(C)C)c(=O)[nH]3)cc(-c3ncccn3)c2N1. The van der Waals surface area contributed by atoms with Crippen molar-refractivity contribution in [1.82, 2.24) is 30.2 Å². The molecule has 2 amide bonds. The first-order chi connectivity index (χ1) is 15.0. The molecule has 0 saturated heterocycles. The molecule has 3 heterocycles. The lowest BCUT2D eigenvalue weighted by Gasteiger charge is -2.22. The van der Waals surface area contributed by atoms with Gasteiger partial charge < -0.3 is 15.6 Å². The summed E-state index contributed by atoms with van der Waals surface area (Å²) in [5.74, 6) is 0.876. The topological polar surface area (TPSA) is 129 Å². The number of carbonyl (C=O) groups is 1. The van der Waals surface area contributed by atoms with E-state index in [-0.39, 0.29) is 17.8 Å². The highest BCUT2D eigenvalue weighted by molar-refractivity contribution is 6.07. The first kappa shape index (κ1) is 20.3. The Morgan fingerprint density at radius 3 is 2.71 bits per heavy atom. The van der Waals surface area contributed by atoms with Crippen LogP contribution in [0.1, 0.15) is 32.4 Å². The maximum absolute atomic E-state index is 12.3. The second-order valence-corrected chi connectivity index (χ2v) is 7.38. The van der Waals surface area contributed by atoms with Crippen LogP contribution >= 0.6 is 0 Å². The van der Waals surface area contributed by atoms with Crippen LogP contribution in [0.3, 0.4) is 0 Å². The minimum Gasteiger partial charge on any atom is -0.338 e. The van der Waals surface area contributed by atoms with Gasteiger partial charge in [-0.15, -0.1) is 0 Å². The van der Waals surface area contributed by atoms with Gasteiger partial charge in [-0.3, -0.25) is 9.88 Å². The molecule has 0 spiro atoms. The first-order valence-corrected chi connectivity index (χ1v) is 10.1. The van der Waals surface area contributed by atoms with E-state index in [1.165, 1.54) is 0 Å². The highest BCUT2D eigenvalue weighted by Gasteiger charge is 2.21. The molecule has 3 aromatic rings. The number of aromatic amines is 1. The predicted octanol–water partition coefficient (Wildman–Crippen LogP) is 2.48. The van der Waals surface area contributed by atoms with Crippen molar-refractivity contribution in [3.8, 4) is 22.6 Å². The van der Waals surface area contributed by atoms with Gasteiger partial charge in [-0.05, 0) is 44.5 Å². The second-order valence-electron chi connectivity index (χ2n) is 7.38. The minimum absolute atomic E-state index is 0.0428. The van der Waals surface area contributed by atoms with Crippen molar-refractivity contribution in [2.75, 3.05) is 11.9 Å². The number of aliphatic imine (C=N–C) groups is 1. The van der Waals surface area contributed by atoms with E-state index in [2.05, 4.69) is 35.9 Å². The van der Waals surface area contributed by atoms with Crippen LogP contribution in [0.25, 0.3) is 22.6 Å². The standard InChI is InChI=1S/C21H24N8O2/c1-4-22-20(30)28-19-25-10-14-8-13(16-11-29(12(2)3)21(31)26-16)9-15(17(14)27-19)18-23-6-5-7-24-18/h5-9,11-12H,4,10H2,1-3H3,(H,26,31)(H3,22,25,27,28,30). The molecule has 1 aliphatic heterocycles. The van der Waals surface area contributed by atoms with Gasteiger partial charge in [0.25, 0.3) is 0 Å². The number of nitrogens with zero attached hydrogens (tertiary/aromatic N) is 4. The van der Waals surface area contributed by atoms with Gasteiger partial charge >= 0.3 is 11.7 Å².